The molecule has 102 valence electrons. The number of benzene rings is 2. The van der Waals surface area contributed by atoms with Crippen molar-refractivity contribution in [2.24, 2.45) is 0 Å². The Morgan fingerprint density at radius 3 is 2.45 bits per heavy atom. The average Bonchev–Trinajstić information content (AvgIpc) is 2.41. The van der Waals surface area contributed by atoms with Crippen LogP contribution in [0.2, 0.25) is 0 Å². The van der Waals surface area contributed by atoms with Gasteiger partial charge in [-0.3, -0.25) is 10.1 Å². The third-order valence-electron chi connectivity index (χ3n) is 2.47. The van der Waals surface area contributed by atoms with Gasteiger partial charge in [-0.15, -0.1) is 0 Å². The molecule has 2 aromatic rings. The van der Waals surface area contributed by atoms with Gasteiger partial charge in [-0.05, 0) is 52.4 Å². The van der Waals surface area contributed by atoms with Gasteiger partial charge in [0, 0.05) is 4.47 Å². The van der Waals surface area contributed by atoms with Crippen LogP contribution in [0.25, 0.3) is 0 Å². The van der Waals surface area contributed by atoms with Gasteiger partial charge in [0.2, 0.25) is 0 Å². The van der Waals surface area contributed by atoms with Gasteiger partial charge >= 0.3 is 0 Å². The smallest absolute Gasteiger partial charge is 0.258 e. The van der Waals surface area contributed by atoms with Crippen molar-refractivity contribution in [3.05, 3.63) is 64.4 Å². The number of halogens is 2. The summed E-state index contributed by atoms with van der Waals surface area (Å²) in [5.74, 6) is -0.809. The second kappa shape index (κ2) is 6.58. The minimum absolute atomic E-state index is 0.0378. The van der Waals surface area contributed by atoms with E-state index in [2.05, 4.69) is 26.6 Å². The lowest BCUT2D eigenvalue weighted by molar-refractivity contribution is 0.0977. The molecule has 0 atom stereocenters. The molecule has 2 rings (SSSR count). The molecular formula is C14H10BrFN2OS. The lowest BCUT2D eigenvalue weighted by Gasteiger charge is -2.10. The first-order chi connectivity index (χ1) is 9.58. The molecule has 6 heteroatoms. The summed E-state index contributed by atoms with van der Waals surface area (Å²) in [7, 11) is 0. The van der Waals surface area contributed by atoms with Crippen LogP contribution in [0.5, 0.6) is 0 Å². The van der Waals surface area contributed by atoms with Gasteiger partial charge in [0.05, 0.1) is 11.3 Å². The highest BCUT2D eigenvalue weighted by Crippen LogP contribution is 2.16. The van der Waals surface area contributed by atoms with Crippen LogP contribution in [0.15, 0.2) is 53.0 Å². The highest BCUT2D eigenvalue weighted by Gasteiger charge is 2.11. The van der Waals surface area contributed by atoms with E-state index < -0.39 is 5.82 Å². The number of amides is 1. The van der Waals surface area contributed by atoms with Crippen LogP contribution in [0, 0.1) is 5.82 Å². The Morgan fingerprint density at radius 2 is 1.75 bits per heavy atom. The maximum atomic E-state index is 13.4. The van der Waals surface area contributed by atoms with E-state index in [4.69, 9.17) is 12.2 Å². The summed E-state index contributed by atoms with van der Waals surface area (Å²) in [6.45, 7) is 0. The van der Waals surface area contributed by atoms with Crippen LogP contribution in [0.3, 0.4) is 0 Å². The quantitative estimate of drug-likeness (QED) is 0.809. The van der Waals surface area contributed by atoms with Crippen molar-refractivity contribution in [3.63, 3.8) is 0 Å². The van der Waals surface area contributed by atoms with Crippen LogP contribution >= 0.6 is 28.1 Å². The molecule has 2 N–H and O–H groups in total. The van der Waals surface area contributed by atoms with Crippen molar-refractivity contribution < 1.29 is 9.18 Å². The molecular weight excluding hydrogens is 343 g/mol. The first-order valence-corrected chi connectivity index (χ1v) is 6.89. The third kappa shape index (κ3) is 3.61. The third-order valence-corrected chi connectivity index (χ3v) is 3.36. The van der Waals surface area contributed by atoms with Crippen LogP contribution in [0.1, 0.15) is 10.4 Å². The SMILES string of the molecule is O=C(NC(=S)Nc1ccccc1F)c1ccccc1Br. The highest BCUT2D eigenvalue weighted by atomic mass is 79.9. The number of thiocarbonyl (C=S) groups is 1. The molecule has 0 saturated heterocycles. The lowest BCUT2D eigenvalue weighted by Crippen LogP contribution is -2.34. The number of carbonyl (C=O) groups excluding carboxylic acids is 1. The van der Waals surface area contributed by atoms with E-state index in [1.807, 2.05) is 0 Å². The minimum Gasteiger partial charge on any atom is -0.330 e. The highest BCUT2D eigenvalue weighted by molar-refractivity contribution is 9.10. The van der Waals surface area contributed by atoms with E-state index >= 15 is 0 Å². The number of carbonyl (C=O) groups is 1. The Hall–Kier alpha value is -1.79. The zero-order chi connectivity index (χ0) is 14.5. The van der Waals surface area contributed by atoms with E-state index in [-0.39, 0.29) is 16.7 Å². The zero-order valence-corrected chi connectivity index (χ0v) is 12.6. The molecule has 20 heavy (non-hydrogen) atoms. The van der Waals surface area contributed by atoms with E-state index in [0.717, 1.165) is 0 Å². The molecule has 0 aliphatic carbocycles. The normalized spacial score (nSPS) is 9.90. The molecule has 0 aromatic heterocycles. The predicted molar refractivity (Wildman–Crippen MR) is 84.2 cm³/mol. The van der Waals surface area contributed by atoms with Crippen LogP contribution in [-0.2, 0) is 0 Å². The van der Waals surface area contributed by atoms with Crippen LogP contribution in [0.4, 0.5) is 10.1 Å². The van der Waals surface area contributed by atoms with Crippen molar-refractivity contribution in [2.75, 3.05) is 5.32 Å². The molecule has 0 spiro atoms. The molecule has 2 aromatic carbocycles. The summed E-state index contributed by atoms with van der Waals surface area (Å²) in [5.41, 5.74) is 0.662. The van der Waals surface area contributed by atoms with Crippen molar-refractivity contribution in [2.45, 2.75) is 0 Å². The molecule has 0 bridgehead atoms. The first kappa shape index (κ1) is 14.6. The number of hydrogen-bond acceptors (Lipinski definition) is 2. The molecule has 0 aliphatic heterocycles. The van der Waals surface area contributed by atoms with E-state index in [1.165, 1.54) is 12.1 Å². The molecule has 0 fully saturated rings. The monoisotopic (exact) mass is 352 g/mol. The fraction of sp³-hybridized carbons (Fsp3) is 0. The summed E-state index contributed by atoms with van der Waals surface area (Å²) < 4.78 is 14.1. The largest absolute Gasteiger partial charge is 0.330 e. The van der Waals surface area contributed by atoms with Crippen molar-refractivity contribution in [1.82, 2.24) is 5.32 Å². The van der Waals surface area contributed by atoms with E-state index in [9.17, 15) is 9.18 Å². The maximum Gasteiger partial charge on any atom is 0.258 e. The van der Waals surface area contributed by atoms with Crippen molar-refractivity contribution in [3.8, 4) is 0 Å². The standard InChI is InChI=1S/C14H10BrFN2OS/c15-10-6-2-1-5-9(10)13(19)18-14(20)17-12-8-4-3-7-11(12)16/h1-8H,(H2,17,18,19,20). The molecule has 0 heterocycles. The zero-order valence-electron chi connectivity index (χ0n) is 10.2. The molecule has 0 unspecified atom stereocenters. The fourth-order valence-corrected chi connectivity index (χ4v) is 2.20. The summed E-state index contributed by atoms with van der Waals surface area (Å²) in [4.78, 5) is 12.0. The Balaban J connectivity index is 2.04. The van der Waals surface area contributed by atoms with Crippen LogP contribution < -0.4 is 10.6 Å². The van der Waals surface area contributed by atoms with Gasteiger partial charge in [0.1, 0.15) is 5.82 Å². The van der Waals surface area contributed by atoms with E-state index in [0.29, 0.717) is 10.0 Å². The summed E-state index contributed by atoms with van der Waals surface area (Å²) in [5, 5.41) is 5.17. The first-order valence-electron chi connectivity index (χ1n) is 5.69. The summed E-state index contributed by atoms with van der Waals surface area (Å²) in [6, 6.07) is 13.0. The number of nitrogens with one attached hydrogen (secondary N) is 2. The van der Waals surface area contributed by atoms with Gasteiger partial charge in [-0.25, -0.2) is 4.39 Å². The summed E-state index contributed by atoms with van der Waals surface area (Å²) in [6.07, 6.45) is 0. The second-order valence-corrected chi connectivity index (χ2v) is 5.13. The second-order valence-electron chi connectivity index (χ2n) is 3.87. The van der Waals surface area contributed by atoms with Gasteiger partial charge in [0.15, 0.2) is 5.11 Å². The predicted octanol–water partition coefficient (Wildman–Crippen LogP) is 3.72. The van der Waals surface area contributed by atoms with Crippen LogP contribution in [-0.4, -0.2) is 11.0 Å². The minimum atomic E-state index is -0.440. The number of rotatable bonds is 2. The van der Waals surface area contributed by atoms with Crippen molar-refractivity contribution >= 4 is 44.9 Å². The van der Waals surface area contributed by atoms with Crippen molar-refractivity contribution in [1.29, 1.82) is 0 Å². The lowest BCUT2D eigenvalue weighted by atomic mass is 10.2. The number of hydrogen-bond donors (Lipinski definition) is 2. The Kier molecular flexibility index (Phi) is 4.81. The number of para-hydroxylation sites is 1. The Labute approximate surface area is 129 Å². The van der Waals surface area contributed by atoms with Gasteiger partial charge in [-0.2, -0.15) is 0 Å². The molecule has 0 aliphatic rings. The summed E-state index contributed by atoms with van der Waals surface area (Å²) >= 11 is 8.27. The average molecular weight is 353 g/mol. The van der Waals surface area contributed by atoms with E-state index in [1.54, 1.807) is 36.4 Å². The topological polar surface area (TPSA) is 41.1 Å². The van der Waals surface area contributed by atoms with Gasteiger partial charge in [0.25, 0.3) is 5.91 Å². The Bertz CT molecular complexity index is 663. The molecule has 0 radical (unpaired) electrons. The van der Waals surface area contributed by atoms with Gasteiger partial charge in [-0.1, -0.05) is 24.3 Å². The fourth-order valence-electron chi connectivity index (χ4n) is 1.53. The number of anilines is 1. The van der Waals surface area contributed by atoms with Gasteiger partial charge < -0.3 is 5.32 Å². The molecule has 0 saturated carbocycles. The maximum absolute atomic E-state index is 13.4. The Morgan fingerprint density at radius 1 is 1.10 bits per heavy atom. The molecule has 3 nitrogen and oxygen atoms in total. The molecule has 1 amide bonds.